The fraction of sp³-hybridized carbons (Fsp3) is 0.400. The minimum absolute atomic E-state index is 0.00938. The number of benzene rings is 2. The first-order valence-electron chi connectivity index (χ1n) is 8.80. The van der Waals surface area contributed by atoms with E-state index in [1.165, 1.54) is 0 Å². The van der Waals surface area contributed by atoms with Crippen LogP contribution in [0, 0.1) is 0 Å². The van der Waals surface area contributed by atoms with E-state index in [-0.39, 0.29) is 25.8 Å². The van der Waals surface area contributed by atoms with E-state index < -0.39 is 22.4 Å². The van der Waals surface area contributed by atoms with Gasteiger partial charge in [0.05, 0.1) is 31.6 Å². The maximum Gasteiger partial charge on any atom is 0.264 e. The molecule has 0 aliphatic carbocycles. The van der Waals surface area contributed by atoms with Gasteiger partial charge in [0.15, 0.2) is 0 Å². The molecule has 0 saturated heterocycles. The second-order valence-corrected chi connectivity index (χ2v) is 7.92. The first-order chi connectivity index (χ1) is 12.9. The molecule has 0 aliphatic heterocycles. The zero-order valence-corrected chi connectivity index (χ0v) is 16.4. The Morgan fingerprint density at radius 1 is 0.963 bits per heavy atom. The zero-order valence-electron chi connectivity index (χ0n) is 15.5. The van der Waals surface area contributed by atoms with Crippen LogP contribution in [0.1, 0.15) is 24.1 Å². The van der Waals surface area contributed by atoms with E-state index in [2.05, 4.69) is 9.50 Å². The lowest BCUT2D eigenvalue weighted by Crippen LogP contribution is -2.36. The smallest absolute Gasteiger partial charge is 0.264 e. The van der Waals surface area contributed by atoms with Crippen molar-refractivity contribution in [3.8, 4) is 0 Å². The molecule has 0 radical (unpaired) electrons. The molecule has 2 aromatic carbocycles. The van der Waals surface area contributed by atoms with Gasteiger partial charge in [0.1, 0.15) is 6.17 Å². The summed E-state index contributed by atoms with van der Waals surface area (Å²) in [6, 6.07) is 19.6. The maximum atomic E-state index is 14.5. The Bertz CT molecular complexity index is 732. The van der Waals surface area contributed by atoms with Crippen LogP contribution in [-0.4, -0.2) is 46.7 Å². The van der Waals surface area contributed by atoms with Crippen molar-refractivity contribution in [3.05, 3.63) is 71.8 Å². The molecule has 2 atom stereocenters. The number of hydrogen-bond acceptors (Lipinski definition) is 5. The van der Waals surface area contributed by atoms with Crippen LogP contribution in [-0.2, 0) is 19.0 Å². The van der Waals surface area contributed by atoms with Crippen LogP contribution < -0.4 is 5.32 Å². The lowest BCUT2D eigenvalue weighted by Gasteiger charge is -2.23. The highest BCUT2D eigenvalue weighted by atomic mass is 32.2. The van der Waals surface area contributed by atoms with Gasteiger partial charge in [-0.05, 0) is 18.1 Å². The van der Waals surface area contributed by atoms with E-state index in [9.17, 15) is 12.8 Å². The van der Waals surface area contributed by atoms with Gasteiger partial charge in [-0.3, -0.25) is 4.18 Å². The Hall–Kier alpha value is -1.80. The number of halogens is 1. The van der Waals surface area contributed by atoms with Crippen LogP contribution in [0.5, 0.6) is 0 Å². The molecule has 5 nitrogen and oxygen atoms in total. The highest BCUT2D eigenvalue weighted by molar-refractivity contribution is 7.85. The number of ether oxygens (including phenoxy) is 1. The topological polar surface area (TPSA) is 64.6 Å². The molecule has 0 aliphatic rings. The van der Waals surface area contributed by atoms with Crippen molar-refractivity contribution in [2.24, 2.45) is 0 Å². The van der Waals surface area contributed by atoms with Crippen molar-refractivity contribution in [2.45, 2.75) is 25.2 Å². The lowest BCUT2D eigenvalue weighted by molar-refractivity contribution is -0.00191. The Morgan fingerprint density at radius 3 is 1.96 bits per heavy atom. The van der Waals surface area contributed by atoms with Crippen molar-refractivity contribution in [2.75, 3.05) is 26.0 Å². The maximum absolute atomic E-state index is 14.5. The second-order valence-electron chi connectivity index (χ2n) is 6.28. The molecular formula is C20H26FNO4S. The molecule has 2 rings (SSSR count). The summed E-state index contributed by atoms with van der Waals surface area (Å²) in [5.74, 6) is 0. The van der Waals surface area contributed by atoms with Gasteiger partial charge < -0.3 is 10.1 Å². The molecule has 148 valence electrons. The minimum atomic E-state index is -3.51. The monoisotopic (exact) mass is 395 g/mol. The quantitative estimate of drug-likeness (QED) is 0.468. The predicted molar refractivity (Wildman–Crippen MR) is 104 cm³/mol. The number of rotatable bonds is 11. The summed E-state index contributed by atoms with van der Waals surface area (Å²) in [5, 5.41) is 3.27. The summed E-state index contributed by atoms with van der Waals surface area (Å²) in [6.45, 7) is 1.60. The largest absolute Gasteiger partial charge is 0.373 e. The van der Waals surface area contributed by atoms with E-state index in [4.69, 9.17) is 4.74 Å². The lowest BCUT2D eigenvalue weighted by atomic mass is 9.98. The van der Waals surface area contributed by atoms with Crippen LogP contribution in [0.15, 0.2) is 60.7 Å². The molecule has 27 heavy (non-hydrogen) atoms. The van der Waals surface area contributed by atoms with Gasteiger partial charge in [-0.25, -0.2) is 4.39 Å². The van der Waals surface area contributed by atoms with Crippen molar-refractivity contribution >= 4 is 10.1 Å². The molecule has 0 fully saturated rings. The third kappa shape index (κ3) is 7.76. The van der Waals surface area contributed by atoms with Crippen LogP contribution >= 0.6 is 0 Å². The average molecular weight is 395 g/mol. The minimum Gasteiger partial charge on any atom is -0.373 e. The van der Waals surface area contributed by atoms with E-state index in [1.807, 2.05) is 60.7 Å². The Kier molecular flexibility index (Phi) is 8.37. The van der Waals surface area contributed by atoms with E-state index >= 15 is 0 Å². The normalized spacial score (nSPS) is 14.2. The fourth-order valence-electron chi connectivity index (χ4n) is 2.64. The summed E-state index contributed by atoms with van der Waals surface area (Å²) >= 11 is 0. The van der Waals surface area contributed by atoms with Gasteiger partial charge in [0.2, 0.25) is 0 Å². The molecule has 0 aromatic heterocycles. The predicted octanol–water partition coefficient (Wildman–Crippen LogP) is 3.09. The summed E-state index contributed by atoms with van der Waals surface area (Å²) in [4.78, 5) is 0. The SMILES string of the molecule is CC(OCCOS(C)(=O)=O)C(F)CNC(c1ccccc1)c1ccccc1. The summed E-state index contributed by atoms with van der Waals surface area (Å²) in [6.07, 6.45) is -0.975. The van der Waals surface area contributed by atoms with Crippen molar-refractivity contribution in [1.29, 1.82) is 0 Å². The summed E-state index contributed by atoms with van der Waals surface area (Å²) in [5.41, 5.74) is 2.09. The third-order valence-electron chi connectivity index (χ3n) is 4.05. The Morgan fingerprint density at radius 2 is 1.48 bits per heavy atom. The van der Waals surface area contributed by atoms with Gasteiger partial charge in [0.25, 0.3) is 10.1 Å². The number of hydrogen-bond donors (Lipinski definition) is 1. The molecule has 1 N–H and O–H groups in total. The van der Waals surface area contributed by atoms with Crippen LogP contribution in [0.25, 0.3) is 0 Å². The fourth-order valence-corrected chi connectivity index (χ4v) is 3.01. The molecule has 0 saturated carbocycles. The van der Waals surface area contributed by atoms with Crippen LogP contribution in [0.4, 0.5) is 4.39 Å². The van der Waals surface area contributed by atoms with Crippen LogP contribution in [0.2, 0.25) is 0 Å². The van der Waals surface area contributed by atoms with Gasteiger partial charge in [-0.2, -0.15) is 8.42 Å². The van der Waals surface area contributed by atoms with E-state index in [0.29, 0.717) is 0 Å². The molecule has 2 unspecified atom stereocenters. The number of alkyl halides is 1. The first kappa shape index (κ1) is 21.5. The molecule has 2 aromatic rings. The molecule has 7 heteroatoms. The molecule has 0 heterocycles. The Balaban J connectivity index is 1.90. The highest BCUT2D eigenvalue weighted by Gasteiger charge is 2.20. The number of nitrogens with one attached hydrogen (secondary N) is 1. The highest BCUT2D eigenvalue weighted by Crippen LogP contribution is 2.22. The molecule has 0 bridgehead atoms. The van der Waals surface area contributed by atoms with Gasteiger partial charge in [-0.1, -0.05) is 60.7 Å². The average Bonchev–Trinajstić information content (AvgIpc) is 2.66. The van der Waals surface area contributed by atoms with Crippen molar-refractivity contribution in [3.63, 3.8) is 0 Å². The summed E-state index contributed by atoms with van der Waals surface area (Å²) < 4.78 is 46.2. The van der Waals surface area contributed by atoms with Gasteiger partial charge in [-0.15, -0.1) is 0 Å². The van der Waals surface area contributed by atoms with E-state index in [0.717, 1.165) is 17.4 Å². The zero-order chi connectivity index (χ0) is 19.7. The summed E-state index contributed by atoms with van der Waals surface area (Å²) in [7, 11) is -3.51. The van der Waals surface area contributed by atoms with Gasteiger partial charge in [0, 0.05) is 6.54 Å². The first-order valence-corrected chi connectivity index (χ1v) is 10.6. The Labute approximate surface area is 160 Å². The molecule has 0 spiro atoms. The van der Waals surface area contributed by atoms with Gasteiger partial charge >= 0.3 is 0 Å². The van der Waals surface area contributed by atoms with Crippen molar-refractivity contribution < 1.29 is 21.7 Å². The van der Waals surface area contributed by atoms with Crippen LogP contribution in [0.3, 0.4) is 0 Å². The molecular weight excluding hydrogens is 369 g/mol. The van der Waals surface area contributed by atoms with E-state index in [1.54, 1.807) is 6.92 Å². The standard InChI is InChI=1S/C20H26FNO4S/c1-16(25-13-14-26-27(2,23)24)19(21)15-22-20(17-9-5-3-6-10-17)18-11-7-4-8-12-18/h3-12,16,19-20,22H,13-15H2,1-2H3. The molecule has 0 amide bonds. The third-order valence-corrected chi connectivity index (χ3v) is 4.65. The van der Waals surface area contributed by atoms with Crippen molar-refractivity contribution in [1.82, 2.24) is 5.32 Å². The second kappa shape index (κ2) is 10.5.